The Bertz CT molecular complexity index is 738. The van der Waals surface area contributed by atoms with Crippen LogP contribution in [0.5, 0.6) is 0 Å². The summed E-state index contributed by atoms with van der Waals surface area (Å²) in [6.45, 7) is -0.240. The molecule has 120 valence electrons. The van der Waals surface area contributed by atoms with Crippen molar-refractivity contribution in [2.24, 2.45) is 5.92 Å². The molecular formula is C17H14F3NO2. The summed E-state index contributed by atoms with van der Waals surface area (Å²) in [5.74, 6) is -0.715. The van der Waals surface area contributed by atoms with Crippen molar-refractivity contribution in [2.75, 3.05) is 11.9 Å². The van der Waals surface area contributed by atoms with Gasteiger partial charge in [0.2, 0.25) is 5.91 Å². The van der Waals surface area contributed by atoms with Crippen LogP contribution in [-0.4, -0.2) is 17.6 Å². The van der Waals surface area contributed by atoms with E-state index in [1.54, 1.807) is 12.1 Å². The van der Waals surface area contributed by atoms with Gasteiger partial charge in [-0.1, -0.05) is 18.2 Å². The summed E-state index contributed by atoms with van der Waals surface area (Å²) in [4.78, 5) is 11.7. The molecule has 23 heavy (non-hydrogen) atoms. The van der Waals surface area contributed by atoms with Gasteiger partial charge in [-0.3, -0.25) is 4.79 Å². The quantitative estimate of drug-likeness (QED) is 0.890. The van der Waals surface area contributed by atoms with Crippen LogP contribution in [0, 0.1) is 5.92 Å². The number of fused-ring (bicyclic) bond motifs is 1. The van der Waals surface area contributed by atoms with Crippen molar-refractivity contribution in [1.82, 2.24) is 0 Å². The van der Waals surface area contributed by atoms with E-state index in [1.807, 2.05) is 6.07 Å². The second-order valence-corrected chi connectivity index (χ2v) is 5.52. The maximum Gasteiger partial charge on any atom is 0.416 e. The summed E-state index contributed by atoms with van der Waals surface area (Å²) in [6, 6.07) is 10.3. The van der Waals surface area contributed by atoms with Gasteiger partial charge in [-0.2, -0.15) is 13.2 Å². The lowest BCUT2D eigenvalue weighted by Crippen LogP contribution is -2.32. The zero-order chi connectivity index (χ0) is 16.6. The Morgan fingerprint density at radius 1 is 1.09 bits per heavy atom. The first kappa shape index (κ1) is 15.6. The van der Waals surface area contributed by atoms with Crippen LogP contribution in [0.2, 0.25) is 0 Å². The van der Waals surface area contributed by atoms with Crippen LogP contribution in [-0.2, 0) is 17.4 Å². The van der Waals surface area contributed by atoms with Gasteiger partial charge in [0.25, 0.3) is 0 Å². The number of nitrogens with one attached hydrogen (secondary N) is 1. The van der Waals surface area contributed by atoms with Crippen LogP contribution in [0.4, 0.5) is 18.9 Å². The number of aliphatic hydroxyl groups excluding tert-OH is 1. The van der Waals surface area contributed by atoms with Gasteiger partial charge in [-0.05, 0) is 47.4 Å². The second kappa shape index (κ2) is 5.70. The monoisotopic (exact) mass is 321 g/mol. The molecule has 1 unspecified atom stereocenters. The standard InChI is InChI=1S/C17H14F3NO2/c18-17(19,20)14-4-1-10(2-5-14)11-3-6-15-12(7-11)8-13(9-22)16(23)21-15/h1-7,13,22H,8-9H2,(H,21,23). The van der Waals surface area contributed by atoms with Crippen LogP contribution in [0.1, 0.15) is 11.1 Å². The van der Waals surface area contributed by atoms with E-state index in [9.17, 15) is 23.1 Å². The maximum absolute atomic E-state index is 12.6. The van der Waals surface area contributed by atoms with E-state index in [-0.39, 0.29) is 12.5 Å². The Balaban J connectivity index is 1.92. The van der Waals surface area contributed by atoms with Crippen LogP contribution < -0.4 is 5.32 Å². The van der Waals surface area contributed by atoms with Gasteiger partial charge in [-0.25, -0.2) is 0 Å². The molecule has 2 aromatic carbocycles. The van der Waals surface area contributed by atoms with Gasteiger partial charge in [0, 0.05) is 5.69 Å². The van der Waals surface area contributed by atoms with Crippen molar-refractivity contribution in [3.63, 3.8) is 0 Å². The first-order valence-electron chi connectivity index (χ1n) is 7.11. The minimum atomic E-state index is -4.35. The molecule has 2 N–H and O–H groups in total. The number of rotatable bonds is 2. The van der Waals surface area contributed by atoms with E-state index in [1.165, 1.54) is 12.1 Å². The van der Waals surface area contributed by atoms with Gasteiger partial charge in [0.15, 0.2) is 0 Å². The summed E-state index contributed by atoms with van der Waals surface area (Å²) < 4.78 is 37.8. The van der Waals surface area contributed by atoms with E-state index in [0.29, 0.717) is 17.7 Å². The number of hydrogen-bond acceptors (Lipinski definition) is 2. The average molecular weight is 321 g/mol. The SMILES string of the molecule is O=C1Nc2ccc(-c3ccc(C(F)(F)F)cc3)cc2CC1CO. The highest BCUT2D eigenvalue weighted by Crippen LogP contribution is 2.33. The summed E-state index contributed by atoms with van der Waals surface area (Å²) in [7, 11) is 0. The molecule has 0 saturated carbocycles. The molecule has 6 heteroatoms. The van der Waals surface area contributed by atoms with Crippen molar-refractivity contribution in [3.8, 4) is 11.1 Å². The molecule has 1 atom stereocenters. The largest absolute Gasteiger partial charge is 0.416 e. The summed E-state index contributed by atoms with van der Waals surface area (Å²) in [5.41, 5.74) is 2.28. The molecule has 3 rings (SSSR count). The molecule has 1 aliphatic rings. The summed E-state index contributed by atoms with van der Waals surface area (Å²) in [6.07, 6.45) is -3.95. The maximum atomic E-state index is 12.6. The zero-order valence-electron chi connectivity index (χ0n) is 12.0. The number of benzene rings is 2. The number of hydrogen-bond donors (Lipinski definition) is 2. The van der Waals surface area contributed by atoms with Gasteiger partial charge < -0.3 is 10.4 Å². The minimum absolute atomic E-state index is 0.220. The van der Waals surface area contributed by atoms with E-state index < -0.39 is 17.7 Å². The molecule has 0 fully saturated rings. The van der Waals surface area contributed by atoms with Gasteiger partial charge >= 0.3 is 6.18 Å². The van der Waals surface area contributed by atoms with E-state index in [4.69, 9.17) is 0 Å². The highest BCUT2D eigenvalue weighted by molar-refractivity contribution is 5.96. The van der Waals surface area contributed by atoms with Crippen LogP contribution in [0.25, 0.3) is 11.1 Å². The van der Waals surface area contributed by atoms with Crippen molar-refractivity contribution < 1.29 is 23.1 Å². The van der Waals surface area contributed by atoms with Crippen molar-refractivity contribution in [3.05, 3.63) is 53.6 Å². The molecule has 0 aromatic heterocycles. The third-order valence-corrected chi connectivity index (χ3v) is 3.97. The lowest BCUT2D eigenvalue weighted by molar-refractivity contribution is -0.137. The van der Waals surface area contributed by atoms with Crippen LogP contribution in [0.15, 0.2) is 42.5 Å². The Kier molecular flexibility index (Phi) is 3.85. The molecule has 0 spiro atoms. The Morgan fingerprint density at radius 2 is 1.74 bits per heavy atom. The Hall–Kier alpha value is -2.34. The van der Waals surface area contributed by atoms with Crippen LogP contribution >= 0.6 is 0 Å². The topological polar surface area (TPSA) is 49.3 Å². The lowest BCUT2D eigenvalue weighted by Gasteiger charge is -2.23. The van der Waals surface area contributed by atoms with E-state index >= 15 is 0 Å². The van der Waals surface area contributed by atoms with Gasteiger partial charge in [0.1, 0.15) is 0 Å². The summed E-state index contributed by atoms with van der Waals surface area (Å²) in [5, 5.41) is 11.9. The van der Waals surface area contributed by atoms with Crippen molar-refractivity contribution >= 4 is 11.6 Å². The molecule has 0 saturated heterocycles. The fourth-order valence-corrected chi connectivity index (χ4v) is 2.66. The molecule has 0 aliphatic carbocycles. The number of halogens is 3. The summed E-state index contributed by atoms with van der Waals surface area (Å²) >= 11 is 0. The van der Waals surface area contributed by atoms with E-state index in [0.717, 1.165) is 23.3 Å². The minimum Gasteiger partial charge on any atom is -0.396 e. The number of alkyl halides is 3. The van der Waals surface area contributed by atoms with Gasteiger partial charge in [0.05, 0.1) is 18.1 Å². The molecule has 1 aliphatic heterocycles. The highest BCUT2D eigenvalue weighted by Gasteiger charge is 2.30. The Labute approximate surface area is 130 Å². The number of amides is 1. The van der Waals surface area contributed by atoms with Gasteiger partial charge in [-0.15, -0.1) is 0 Å². The third-order valence-electron chi connectivity index (χ3n) is 3.97. The number of aliphatic hydroxyl groups is 1. The van der Waals surface area contributed by atoms with Crippen molar-refractivity contribution in [1.29, 1.82) is 0 Å². The molecule has 0 bridgehead atoms. The molecule has 0 radical (unpaired) electrons. The number of anilines is 1. The third kappa shape index (κ3) is 3.07. The smallest absolute Gasteiger partial charge is 0.396 e. The first-order chi connectivity index (χ1) is 10.9. The molecule has 1 heterocycles. The normalized spacial score (nSPS) is 17.6. The van der Waals surface area contributed by atoms with Crippen molar-refractivity contribution in [2.45, 2.75) is 12.6 Å². The predicted molar refractivity (Wildman–Crippen MR) is 79.8 cm³/mol. The Morgan fingerprint density at radius 3 is 2.35 bits per heavy atom. The molecule has 2 aromatic rings. The molecule has 1 amide bonds. The zero-order valence-corrected chi connectivity index (χ0v) is 12.0. The fraction of sp³-hybridized carbons (Fsp3) is 0.235. The first-order valence-corrected chi connectivity index (χ1v) is 7.11. The van der Waals surface area contributed by atoms with Crippen LogP contribution in [0.3, 0.4) is 0 Å². The molecule has 3 nitrogen and oxygen atoms in total. The lowest BCUT2D eigenvalue weighted by atomic mass is 9.91. The fourth-order valence-electron chi connectivity index (χ4n) is 2.66. The predicted octanol–water partition coefficient (Wildman–Crippen LogP) is 3.48. The average Bonchev–Trinajstić information content (AvgIpc) is 2.53. The highest BCUT2D eigenvalue weighted by atomic mass is 19.4. The second-order valence-electron chi connectivity index (χ2n) is 5.52. The number of carbonyl (C=O) groups excluding carboxylic acids is 1. The number of carbonyl (C=O) groups is 1. The van der Waals surface area contributed by atoms with E-state index in [2.05, 4.69) is 5.32 Å². The molecular weight excluding hydrogens is 307 g/mol.